The Morgan fingerprint density at radius 1 is 1.22 bits per heavy atom. The zero-order valence-electron chi connectivity index (χ0n) is 10.2. The van der Waals surface area contributed by atoms with Gasteiger partial charge in [-0.3, -0.25) is 0 Å². The van der Waals surface area contributed by atoms with Gasteiger partial charge >= 0.3 is 0 Å². The third kappa shape index (κ3) is 1.42. The van der Waals surface area contributed by atoms with Crippen molar-refractivity contribution in [1.82, 2.24) is 25.3 Å². The number of rotatable bonds is 1. The molecule has 2 saturated heterocycles. The van der Waals surface area contributed by atoms with E-state index in [1.54, 1.807) is 12.7 Å². The lowest BCUT2D eigenvalue weighted by atomic mass is 9.87. The Morgan fingerprint density at radius 2 is 2.22 bits per heavy atom. The van der Waals surface area contributed by atoms with Crippen LogP contribution in [0.2, 0.25) is 0 Å². The predicted octanol–water partition coefficient (Wildman–Crippen LogP) is 0.543. The largest absolute Gasteiger partial charge is 0.354 e. The molecule has 0 bridgehead atoms. The van der Waals surface area contributed by atoms with Crippen LogP contribution in [0.15, 0.2) is 12.7 Å². The van der Waals surface area contributed by atoms with Crippen molar-refractivity contribution in [1.29, 1.82) is 0 Å². The molecule has 1 unspecified atom stereocenters. The monoisotopic (exact) mass is 244 g/mol. The van der Waals surface area contributed by atoms with E-state index in [1.165, 1.54) is 12.8 Å². The highest BCUT2D eigenvalue weighted by atomic mass is 15.2. The van der Waals surface area contributed by atoms with Crippen LogP contribution in [-0.4, -0.2) is 46.1 Å². The summed E-state index contributed by atoms with van der Waals surface area (Å²) in [6, 6.07) is 0. The van der Waals surface area contributed by atoms with Gasteiger partial charge in [0, 0.05) is 25.0 Å². The van der Waals surface area contributed by atoms with Crippen molar-refractivity contribution < 1.29 is 0 Å². The van der Waals surface area contributed by atoms with Gasteiger partial charge in [-0.25, -0.2) is 15.0 Å². The fraction of sp³-hybridized carbons (Fsp3) is 0.583. The van der Waals surface area contributed by atoms with E-state index in [4.69, 9.17) is 0 Å². The van der Waals surface area contributed by atoms with Gasteiger partial charge < -0.3 is 15.2 Å². The number of nitrogens with zero attached hydrogens (tertiary/aromatic N) is 4. The first-order chi connectivity index (χ1) is 8.86. The van der Waals surface area contributed by atoms with E-state index >= 15 is 0 Å². The minimum atomic E-state index is 0.456. The van der Waals surface area contributed by atoms with Gasteiger partial charge in [-0.05, 0) is 19.4 Å². The van der Waals surface area contributed by atoms with E-state index in [-0.39, 0.29) is 0 Å². The smallest absolute Gasteiger partial charge is 0.182 e. The Balaban J connectivity index is 1.70. The fourth-order valence-corrected chi connectivity index (χ4v) is 3.25. The number of anilines is 1. The summed E-state index contributed by atoms with van der Waals surface area (Å²) in [4.78, 5) is 18.3. The Hall–Kier alpha value is -1.69. The number of imidazole rings is 1. The maximum atomic E-state index is 4.44. The summed E-state index contributed by atoms with van der Waals surface area (Å²) in [7, 11) is 0. The topological polar surface area (TPSA) is 69.7 Å². The van der Waals surface area contributed by atoms with Crippen LogP contribution in [0, 0.1) is 5.41 Å². The summed E-state index contributed by atoms with van der Waals surface area (Å²) in [6.45, 7) is 4.45. The average molecular weight is 244 g/mol. The second kappa shape index (κ2) is 3.65. The van der Waals surface area contributed by atoms with E-state index in [0.717, 1.165) is 43.2 Å². The minimum Gasteiger partial charge on any atom is -0.354 e. The highest BCUT2D eigenvalue weighted by Crippen LogP contribution is 2.38. The molecule has 4 rings (SSSR count). The second-order valence-corrected chi connectivity index (χ2v) is 5.40. The predicted molar refractivity (Wildman–Crippen MR) is 68.4 cm³/mol. The standard InChI is InChI=1S/C12H16N6/c1-3-13-5-12(1)2-4-18(6-12)11-9-10(15-7-14-9)16-8-17-11/h7-8,13H,1-6H2,(H,14,15,16,17). The Bertz CT molecular complexity index is 571. The summed E-state index contributed by atoms with van der Waals surface area (Å²) in [6.07, 6.45) is 5.82. The summed E-state index contributed by atoms with van der Waals surface area (Å²) < 4.78 is 0. The first-order valence-electron chi connectivity index (χ1n) is 6.46. The van der Waals surface area contributed by atoms with Crippen molar-refractivity contribution in [3.05, 3.63) is 12.7 Å². The Kier molecular flexibility index (Phi) is 2.08. The molecule has 0 radical (unpaired) electrons. The third-order valence-corrected chi connectivity index (χ3v) is 4.27. The van der Waals surface area contributed by atoms with E-state index in [9.17, 15) is 0 Å². The average Bonchev–Trinajstić information content (AvgIpc) is 3.11. The molecule has 2 aliphatic heterocycles. The van der Waals surface area contributed by atoms with Crippen molar-refractivity contribution in [2.24, 2.45) is 5.41 Å². The van der Waals surface area contributed by atoms with Crippen LogP contribution in [0.3, 0.4) is 0 Å². The molecule has 0 aromatic carbocycles. The number of aromatic nitrogens is 4. The van der Waals surface area contributed by atoms with Gasteiger partial charge in [-0.15, -0.1) is 0 Å². The van der Waals surface area contributed by atoms with Crippen LogP contribution < -0.4 is 10.2 Å². The highest BCUT2D eigenvalue weighted by Gasteiger charge is 2.41. The quantitative estimate of drug-likeness (QED) is 0.766. The molecule has 1 atom stereocenters. The van der Waals surface area contributed by atoms with Crippen LogP contribution in [0.25, 0.3) is 11.2 Å². The Morgan fingerprint density at radius 3 is 3.11 bits per heavy atom. The van der Waals surface area contributed by atoms with Gasteiger partial charge in [-0.2, -0.15) is 0 Å². The molecular weight excluding hydrogens is 228 g/mol. The lowest BCUT2D eigenvalue weighted by Gasteiger charge is -2.23. The van der Waals surface area contributed by atoms with Gasteiger partial charge in [-0.1, -0.05) is 0 Å². The summed E-state index contributed by atoms with van der Waals surface area (Å²) in [5.74, 6) is 1.00. The first kappa shape index (κ1) is 10.3. The summed E-state index contributed by atoms with van der Waals surface area (Å²) in [5, 5.41) is 3.48. The van der Waals surface area contributed by atoms with Crippen LogP contribution >= 0.6 is 0 Å². The highest BCUT2D eigenvalue weighted by molar-refractivity contribution is 5.82. The van der Waals surface area contributed by atoms with Gasteiger partial charge in [0.15, 0.2) is 11.5 Å². The molecule has 2 aliphatic rings. The Labute approximate surface area is 105 Å². The minimum absolute atomic E-state index is 0.456. The van der Waals surface area contributed by atoms with Crippen molar-refractivity contribution in [3.8, 4) is 0 Å². The molecule has 0 aliphatic carbocycles. The zero-order valence-corrected chi connectivity index (χ0v) is 10.2. The number of H-pyrrole nitrogens is 1. The van der Waals surface area contributed by atoms with Gasteiger partial charge in [0.05, 0.1) is 6.33 Å². The molecule has 6 heteroatoms. The van der Waals surface area contributed by atoms with Crippen LogP contribution in [0.4, 0.5) is 5.82 Å². The lowest BCUT2D eigenvalue weighted by Crippen LogP contribution is -2.29. The van der Waals surface area contributed by atoms with Crippen molar-refractivity contribution in [2.75, 3.05) is 31.1 Å². The SMILES string of the molecule is c1nc(N2CCC3(CCNC3)C2)c2[nH]cnc2n1. The third-order valence-electron chi connectivity index (χ3n) is 4.27. The zero-order chi connectivity index (χ0) is 12.0. The maximum absolute atomic E-state index is 4.44. The van der Waals surface area contributed by atoms with Crippen LogP contribution in [-0.2, 0) is 0 Å². The number of nitrogens with one attached hydrogen (secondary N) is 2. The van der Waals surface area contributed by atoms with E-state index < -0.39 is 0 Å². The molecule has 1 spiro atoms. The van der Waals surface area contributed by atoms with Crippen molar-refractivity contribution in [3.63, 3.8) is 0 Å². The summed E-state index contributed by atoms with van der Waals surface area (Å²) >= 11 is 0. The van der Waals surface area contributed by atoms with E-state index in [0.29, 0.717) is 5.41 Å². The molecule has 2 aromatic rings. The maximum Gasteiger partial charge on any atom is 0.182 e. The molecule has 0 saturated carbocycles. The first-order valence-corrected chi connectivity index (χ1v) is 6.46. The van der Waals surface area contributed by atoms with Crippen molar-refractivity contribution in [2.45, 2.75) is 12.8 Å². The van der Waals surface area contributed by atoms with Crippen LogP contribution in [0.1, 0.15) is 12.8 Å². The number of aromatic amines is 1. The summed E-state index contributed by atoms with van der Waals surface area (Å²) in [5.41, 5.74) is 2.17. The molecule has 4 heterocycles. The van der Waals surface area contributed by atoms with E-state index in [1.807, 2.05) is 0 Å². The molecular formula is C12H16N6. The molecule has 2 N–H and O–H groups in total. The number of fused-ring (bicyclic) bond motifs is 1. The fourth-order valence-electron chi connectivity index (χ4n) is 3.25. The molecule has 6 nitrogen and oxygen atoms in total. The normalized spacial score (nSPS) is 27.7. The van der Waals surface area contributed by atoms with E-state index in [2.05, 4.69) is 30.2 Å². The van der Waals surface area contributed by atoms with Gasteiger partial charge in [0.25, 0.3) is 0 Å². The molecule has 94 valence electrons. The molecule has 2 aromatic heterocycles. The molecule has 2 fully saturated rings. The van der Waals surface area contributed by atoms with Crippen LogP contribution in [0.5, 0.6) is 0 Å². The molecule has 18 heavy (non-hydrogen) atoms. The van der Waals surface area contributed by atoms with Gasteiger partial charge in [0.2, 0.25) is 0 Å². The van der Waals surface area contributed by atoms with Crippen molar-refractivity contribution >= 4 is 17.0 Å². The van der Waals surface area contributed by atoms with Gasteiger partial charge in [0.1, 0.15) is 11.8 Å². The lowest BCUT2D eigenvalue weighted by molar-refractivity contribution is 0.369. The molecule has 0 amide bonds. The number of hydrogen-bond acceptors (Lipinski definition) is 5. The second-order valence-electron chi connectivity index (χ2n) is 5.40. The number of hydrogen-bond donors (Lipinski definition) is 2.